The number of nitrogens with one attached hydrogen (secondary N) is 1. The van der Waals surface area contributed by atoms with E-state index in [0.717, 1.165) is 15.8 Å². The Balaban J connectivity index is 2.22. The topological polar surface area (TPSA) is 12.0 Å². The van der Waals surface area contributed by atoms with Gasteiger partial charge in [0.1, 0.15) is 5.82 Å². The molecule has 0 saturated heterocycles. The van der Waals surface area contributed by atoms with Crippen LogP contribution in [0.25, 0.3) is 0 Å². The van der Waals surface area contributed by atoms with Gasteiger partial charge in [0.2, 0.25) is 0 Å². The van der Waals surface area contributed by atoms with Gasteiger partial charge in [0.15, 0.2) is 0 Å². The number of para-hydroxylation sites is 1. The molecule has 0 heterocycles. The molecule has 0 fully saturated rings. The second kappa shape index (κ2) is 4.45. The van der Waals surface area contributed by atoms with Crippen LogP contribution in [0.2, 0.25) is 0 Å². The summed E-state index contributed by atoms with van der Waals surface area (Å²) in [6.07, 6.45) is 0. The van der Waals surface area contributed by atoms with Gasteiger partial charge >= 0.3 is 0 Å². The van der Waals surface area contributed by atoms with Crippen LogP contribution in [0.3, 0.4) is 0 Å². The van der Waals surface area contributed by atoms with E-state index < -0.39 is 0 Å². The third kappa shape index (κ3) is 2.57. The SMILES string of the molecule is Fc1ccc(Nc2ccccc2Br)cc1. The standard InChI is InChI=1S/C12H9BrFN/c13-11-3-1-2-4-12(11)15-10-7-5-9(14)6-8-10/h1-8,15H. The summed E-state index contributed by atoms with van der Waals surface area (Å²) >= 11 is 3.43. The van der Waals surface area contributed by atoms with Crippen molar-refractivity contribution in [3.63, 3.8) is 0 Å². The van der Waals surface area contributed by atoms with Crippen molar-refractivity contribution in [2.45, 2.75) is 0 Å². The van der Waals surface area contributed by atoms with Gasteiger partial charge in [0, 0.05) is 10.2 Å². The fraction of sp³-hybridized carbons (Fsp3) is 0. The normalized spacial score (nSPS) is 10.0. The number of anilines is 2. The zero-order valence-corrected chi connectivity index (χ0v) is 9.46. The first-order valence-corrected chi connectivity index (χ1v) is 5.32. The maximum absolute atomic E-state index is 12.7. The quantitative estimate of drug-likeness (QED) is 0.852. The minimum Gasteiger partial charge on any atom is -0.355 e. The van der Waals surface area contributed by atoms with Gasteiger partial charge in [-0.25, -0.2) is 4.39 Å². The van der Waals surface area contributed by atoms with Crippen LogP contribution in [0.4, 0.5) is 15.8 Å². The van der Waals surface area contributed by atoms with Crippen molar-refractivity contribution in [1.82, 2.24) is 0 Å². The van der Waals surface area contributed by atoms with E-state index in [1.165, 1.54) is 12.1 Å². The molecule has 0 radical (unpaired) electrons. The van der Waals surface area contributed by atoms with Crippen LogP contribution in [0, 0.1) is 5.82 Å². The summed E-state index contributed by atoms with van der Waals surface area (Å²) in [7, 11) is 0. The minimum absolute atomic E-state index is 0.229. The minimum atomic E-state index is -0.229. The summed E-state index contributed by atoms with van der Waals surface area (Å²) in [5.74, 6) is -0.229. The van der Waals surface area contributed by atoms with Gasteiger partial charge < -0.3 is 5.32 Å². The van der Waals surface area contributed by atoms with Crippen LogP contribution in [-0.4, -0.2) is 0 Å². The Bertz CT molecular complexity index is 453. The number of hydrogen-bond acceptors (Lipinski definition) is 1. The summed E-state index contributed by atoms with van der Waals surface area (Å²) in [6, 6.07) is 14.1. The third-order valence-electron chi connectivity index (χ3n) is 2.00. The van der Waals surface area contributed by atoms with E-state index in [2.05, 4.69) is 21.2 Å². The Kier molecular flexibility index (Phi) is 3.02. The highest BCUT2D eigenvalue weighted by Gasteiger charge is 1.98. The molecule has 1 N–H and O–H groups in total. The van der Waals surface area contributed by atoms with Gasteiger partial charge in [-0.05, 0) is 52.3 Å². The molecule has 0 aromatic heterocycles. The average Bonchev–Trinajstić information content (AvgIpc) is 2.25. The van der Waals surface area contributed by atoms with Crippen LogP contribution < -0.4 is 5.32 Å². The summed E-state index contributed by atoms with van der Waals surface area (Å²) < 4.78 is 13.6. The number of rotatable bonds is 2. The van der Waals surface area contributed by atoms with Gasteiger partial charge in [-0.3, -0.25) is 0 Å². The molecule has 0 atom stereocenters. The summed E-state index contributed by atoms with van der Waals surface area (Å²) in [4.78, 5) is 0. The monoisotopic (exact) mass is 265 g/mol. The molecule has 2 aromatic rings. The zero-order chi connectivity index (χ0) is 10.7. The van der Waals surface area contributed by atoms with E-state index in [1.54, 1.807) is 12.1 Å². The second-order valence-corrected chi connectivity index (χ2v) is 3.97. The van der Waals surface area contributed by atoms with Crippen LogP contribution in [-0.2, 0) is 0 Å². The van der Waals surface area contributed by atoms with Crippen LogP contribution in [0.5, 0.6) is 0 Å². The van der Waals surface area contributed by atoms with E-state index in [-0.39, 0.29) is 5.82 Å². The second-order valence-electron chi connectivity index (χ2n) is 3.11. The predicted molar refractivity (Wildman–Crippen MR) is 63.8 cm³/mol. The molecule has 0 amide bonds. The molecule has 2 rings (SSSR count). The van der Waals surface area contributed by atoms with Crippen molar-refractivity contribution in [2.24, 2.45) is 0 Å². The fourth-order valence-electron chi connectivity index (χ4n) is 1.25. The first-order chi connectivity index (χ1) is 7.25. The fourth-order valence-corrected chi connectivity index (χ4v) is 1.64. The van der Waals surface area contributed by atoms with Gasteiger partial charge in [0.05, 0.1) is 5.69 Å². The zero-order valence-electron chi connectivity index (χ0n) is 7.87. The first kappa shape index (κ1) is 10.2. The Morgan fingerprint density at radius 2 is 1.60 bits per heavy atom. The molecular weight excluding hydrogens is 257 g/mol. The Labute approximate surface area is 96.1 Å². The lowest BCUT2D eigenvalue weighted by atomic mass is 10.2. The maximum Gasteiger partial charge on any atom is 0.123 e. The third-order valence-corrected chi connectivity index (χ3v) is 2.69. The van der Waals surface area contributed by atoms with Crippen LogP contribution in [0.15, 0.2) is 53.0 Å². The van der Waals surface area contributed by atoms with Crippen molar-refractivity contribution in [3.05, 3.63) is 58.8 Å². The lowest BCUT2D eigenvalue weighted by Gasteiger charge is -2.07. The van der Waals surface area contributed by atoms with E-state index >= 15 is 0 Å². The van der Waals surface area contributed by atoms with Crippen molar-refractivity contribution in [2.75, 3.05) is 5.32 Å². The molecule has 0 aliphatic rings. The molecule has 2 aromatic carbocycles. The van der Waals surface area contributed by atoms with E-state index in [4.69, 9.17) is 0 Å². The maximum atomic E-state index is 12.7. The molecular formula is C12H9BrFN. The highest BCUT2D eigenvalue weighted by molar-refractivity contribution is 9.10. The molecule has 76 valence electrons. The lowest BCUT2D eigenvalue weighted by Crippen LogP contribution is -1.90. The van der Waals surface area contributed by atoms with Crippen LogP contribution >= 0.6 is 15.9 Å². The summed E-state index contributed by atoms with van der Waals surface area (Å²) in [6.45, 7) is 0. The number of hydrogen-bond donors (Lipinski definition) is 1. The Morgan fingerprint density at radius 1 is 0.933 bits per heavy atom. The van der Waals surface area contributed by atoms with Crippen molar-refractivity contribution >= 4 is 27.3 Å². The lowest BCUT2D eigenvalue weighted by molar-refractivity contribution is 0.628. The van der Waals surface area contributed by atoms with E-state index in [9.17, 15) is 4.39 Å². The van der Waals surface area contributed by atoms with E-state index in [1.807, 2.05) is 24.3 Å². The smallest absolute Gasteiger partial charge is 0.123 e. The van der Waals surface area contributed by atoms with Crippen LogP contribution in [0.1, 0.15) is 0 Å². The Hall–Kier alpha value is -1.35. The van der Waals surface area contributed by atoms with Crippen molar-refractivity contribution in [3.8, 4) is 0 Å². The predicted octanol–water partition coefficient (Wildman–Crippen LogP) is 4.33. The molecule has 0 aliphatic carbocycles. The molecule has 0 saturated carbocycles. The number of benzene rings is 2. The van der Waals surface area contributed by atoms with Gasteiger partial charge in [-0.15, -0.1) is 0 Å². The molecule has 15 heavy (non-hydrogen) atoms. The molecule has 3 heteroatoms. The number of halogens is 2. The Morgan fingerprint density at radius 3 is 2.27 bits per heavy atom. The highest BCUT2D eigenvalue weighted by atomic mass is 79.9. The highest BCUT2D eigenvalue weighted by Crippen LogP contribution is 2.25. The average molecular weight is 266 g/mol. The molecule has 0 unspecified atom stereocenters. The molecule has 1 nitrogen and oxygen atoms in total. The first-order valence-electron chi connectivity index (χ1n) is 4.53. The van der Waals surface area contributed by atoms with Gasteiger partial charge in [-0.1, -0.05) is 12.1 Å². The molecule has 0 bridgehead atoms. The molecule has 0 aliphatic heterocycles. The van der Waals surface area contributed by atoms with Gasteiger partial charge in [-0.2, -0.15) is 0 Å². The van der Waals surface area contributed by atoms with Gasteiger partial charge in [0.25, 0.3) is 0 Å². The van der Waals surface area contributed by atoms with Crippen molar-refractivity contribution in [1.29, 1.82) is 0 Å². The van der Waals surface area contributed by atoms with Crippen molar-refractivity contribution < 1.29 is 4.39 Å². The molecule has 0 spiro atoms. The summed E-state index contributed by atoms with van der Waals surface area (Å²) in [5, 5.41) is 3.19. The summed E-state index contributed by atoms with van der Waals surface area (Å²) in [5.41, 5.74) is 1.83. The van der Waals surface area contributed by atoms with E-state index in [0.29, 0.717) is 0 Å². The largest absolute Gasteiger partial charge is 0.355 e.